The molecule has 6 amide bonds. The second-order valence-corrected chi connectivity index (χ2v) is 17.3. The number of nitrogens with zero attached hydrogens (tertiary/aromatic N) is 6. The van der Waals surface area contributed by atoms with Crippen molar-refractivity contribution in [3.8, 4) is 11.5 Å². The van der Waals surface area contributed by atoms with Crippen LogP contribution < -0.4 is 19.7 Å². The lowest BCUT2D eigenvalue weighted by atomic mass is 9.92. The third kappa shape index (κ3) is 11.2. The summed E-state index contributed by atoms with van der Waals surface area (Å²) in [7, 11) is 3.08. The number of rotatable bonds is 17. The highest BCUT2D eigenvalue weighted by molar-refractivity contribution is 6.19. The molecule has 3 aromatic carbocycles. The number of benzene rings is 3. The largest absolute Gasteiger partial charge is 0.468 e. The van der Waals surface area contributed by atoms with Gasteiger partial charge in [-0.15, -0.1) is 11.6 Å². The van der Waals surface area contributed by atoms with E-state index in [9.17, 15) is 28.8 Å². The first-order valence-electron chi connectivity index (χ1n) is 21.5. The van der Waals surface area contributed by atoms with E-state index in [0.717, 1.165) is 21.4 Å². The number of nitrogens with one attached hydrogen (secondary N) is 1. The van der Waals surface area contributed by atoms with Crippen LogP contribution in [0.1, 0.15) is 58.7 Å². The lowest BCUT2D eigenvalue weighted by Gasteiger charge is -2.28. The molecule has 2 aromatic heterocycles. The number of anilines is 2. The van der Waals surface area contributed by atoms with Crippen LogP contribution in [0.5, 0.6) is 11.5 Å². The quantitative estimate of drug-likeness (QED) is 0.0455. The maximum Gasteiger partial charge on any atom is 0.415 e. The van der Waals surface area contributed by atoms with Crippen molar-refractivity contribution in [3.63, 3.8) is 0 Å². The van der Waals surface area contributed by atoms with Crippen molar-refractivity contribution in [1.82, 2.24) is 24.1 Å². The Labute approximate surface area is 391 Å². The summed E-state index contributed by atoms with van der Waals surface area (Å²) in [6, 6.07) is 17.3. The Morgan fingerprint density at radius 2 is 1.67 bits per heavy atom. The number of alkyl halides is 1. The van der Waals surface area contributed by atoms with E-state index < -0.39 is 35.5 Å². The fourth-order valence-electron chi connectivity index (χ4n) is 7.67. The highest BCUT2D eigenvalue weighted by Gasteiger charge is 2.37. The van der Waals surface area contributed by atoms with Crippen molar-refractivity contribution >= 4 is 75.2 Å². The summed E-state index contributed by atoms with van der Waals surface area (Å²) in [6.07, 6.45) is 4.31. The first-order valence-corrected chi connectivity index (χ1v) is 22.1. The Morgan fingerprint density at radius 3 is 2.37 bits per heavy atom. The van der Waals surface area contributed by atoms with E-state index in [4.69, 9.17) is 35.3 Å². The zero-order valence-electron chi connectivity index (χ0n) is 38.1. The molecule has 4 heterocycles. The van der Waals surface area contributed by atoms with E-state index in [1.165, 1.54) is 29.1 Å². The summed E-state index contributed by atoms with van der Waals surface area (Å²) >= 11 is 6.62. The van der Waals surface area contributed by atoms with Gasteiger partial charge in [0.2, 0.25) is 0 Å². The SMILES string of the molecule is COCOc1ccc(C(=O)Nc2ccc3nc(C(=O)N4C[C@@H](CCl)c5c4cc(OC(=O)N(CCOCCN4C(=O)C=CC4=O)CCN(C)C(=O)OC(C)(C)C)c4cccc(C)c54)cn3c2)cc1. The van der Waals surface area contributed by atoms with Gasteiger partial charge in [0, 0.05) is 93.7 Å². The number of pyridine rings is 1. The molecule has 2 aliphatic heterocycles. The molecule has 0 unspecified atom stereocenters. The van der Waals surface area contributed by atoms with Gasteiger partial charge in [0.25, 0.3) is 23.6 Å². The molecule has 1 atom stereocenters. The topological polar surface area (TPSA) is 191 Å². The van der Waals surface area contributed by atoms with Crippen molar-refractivity contribution in [2.24, 2.45) is 0 Å². The van der Waals surface area contributed by atoms with Crippen molar-refractivity contribution in [3.05, 3.63) is 108 Å². The monoisotopic (exact) mass is 937 g/mol. The lowest BCUT2D eigenvalue weighted by molar-refractivity contribution is -0.137. The highest BCUT2D eigenvalue weighted by Crippen LogP contribution is 2.47. The minimum absolute atomic E-state index is 0.0187. The van der Waals surface area contributed by atoms with Gasteiger partial charge in [0.05, 0.1) is 31.1 Å². The Bertz CT molecular complexity index is 2710. The van der Waals surface area contributed by atoms with Gasteiger partial charge < -0.3 is 48.1 Å². The number of hydrogen-bond acceptors (Lipinski definition) is 12. The minimum Gasteiger partial charge on any atom is -0.468 e. The summed E-state index contributed by atoms with van der Waals surface area (Å²) in [5.41, 5.74) is 2.96. The fourth-order valence-corrected chi connectivity index (χ4v) is 7.92. The number of hydrogen-bond donors (Lipinski definition) is 1. The van der Waals surface area contributed by atoms with Gasteiger partial charge in [-0.05, 0) is 80.6 Å². The van der Waals surface area contributed by atoms with Crippen molar-refractivity contribution in [1.29, 1.82) is 0 Å². The zero-order valence-corrected chi connectivity index (χ0v) is 38.8. The van der Waals surface area contributed by atoms with Gasteiger partial charge in [-0.1, -0.05) is 18.2 Å². The van der Waals surface area contributed by atoms with E-state index in [1.54, 1.807) is 92.0 Å². The number of aromatic nitrogens is 2. The van der Waals surface area contributed by atoms with E-state index in [-0.39, 0.29) is 81.9 Å². The van der Waals surface area contributed by atoms with Crippen LogP contribution in [0.4, 0.5) is 21.0 Å². The summed E-state index contributed by atoms with van der Waals surface area (Å²) in [4.78, 5) is 88.7. The molecule has 352 valence electrons. The van der Waals surface area contributed by atoms with Gasteiger partial charge in [-0.2, -0.15) is 0 Å². The van der Waals surface area contributed by atoms with Gasteiger partial charge in [-0.25, -0.2) is 14.6 Å². The number of imide groups is 1. The van der Waals surface area contributed by atoms with Crippen LogP contribution in [0.2, 0.25) is 0 Å². The predicted octanol–water partition coefficient (Wildman–Crippen LogP) is 6.62. The molecule has 2 aliphatic rings. The summed E-state index contributed by atoms with van der Waals surface area (Å²) in [5.74, 6) is -0.946. The Hall–Kier alpha value is -7.02. The number of ether oxygens (including phenoxy) is 5. The Kier molecular flexibility index (Phi) is 14.8. The molecule has 18 nitrogen and oxygen atoms in total. The van der Waals surface area contributed by atoms with E-state index in [1.807, 2.05) is 25.1 Å². The van der Waals surface area contributed by atoms with Gasteiger partial charge in [0.15, 0.2) is 6.79 Å². The van der Waals surface area contributed by atoms with Crippen LogP contribution in [0, 0.1) is 6.92 Å². The maximum atomic E-state index is 14.5. The molecule has 0 spiro atoms. The number of carbonyl (C=O) groups excluding carboxylic acids is 6. The number of halogens is 1. The van der Waals surface area contributed by atoms with Gasteiger partial charge in [0.1, 0.15) is 28.4 Å². The molecule has 0 radical (unpaired) electrons. The van der Waals surface area contributed by atoms with Crippen molar-refractivity contribution in [2.45, 2.75) is 39.2 Å². The number of methoxy groups -OCH3 is 1. The average Bonchev–Trinajstić information content (AvgIpc) is 3.99. The zero-order chi connectivity index (χ0) is 48.0. The molecule has 7 rings (SSSR count). The van der Waals surface area contributed by atoms with E-state index >= 15 is 0 Å². The minimum atomic E-state index is -0.751. The number of likely N-dealkylation sites (N-methyl/N-ethyl adjacent to an activating group) is 1. The third-order valence-electron chi connectivity index (χ3n) is 11.0. The van der Waals surface area contributed by atoms with E-state index in [2.05, 4.69) is 10.3 Å². The van der Waals surface area contributed by atoms with E-state index in [0.29, 0.717) is 33.7 Å². The standard InChI is InChI=1S/C48H52ClN7O11/c1-30-8-7-9-35-38(66-47(62)53(19-18-52(5)46(61)67-48(2,3)4)20-22-64-23-21-55-40(57)16-17-41(55)58)24-37-43(42(30)35)32(25-49)26-56(37)45(60)36-28-54-27-33(12-15-39(54)51-36)50-44(59)31-10-13-34(14-11-31)65-29-63-6/h7-17,24,27-28,32H,18-23,25-26,29H2,1-6H3,(H,50,59)/t32-/m1/s1. The smallest absolute Gasteiger partial charge is 0.415 e. The second-order valence-electron chi connectivity index (χ2n) is 16.9. The second kappa shape index (κ2) is 20.7. The molecule has 0 fully saturated rings. The van der Waals surface area contributed by atoms with Crippen LogP contribution >= 0.6 is 11.6 Å². The molecule has 0 bridgehead atoms. The molecule has 19 heteroatoms. The summed E-state index contributed by atoms with van der Waals surface area (Å²) < 4.78 is 29.5. The van der Waals surface area contributed by atoms with Crippen LogP contribution in [0.15, 0.2) is 85.2 Å². The normalized spacial score (nSPS) is 14.5. The van der Waals surface area contributed by atoms with Gasteiger partial charge in [-0.3, -0.25) is 24.1 Å². The molecular weight excluding hydrogens is 886 g/mol. The molecule has 0 saturated heterocycles. The number of amides is 6. The number of aryl methyl sites for hydroxylation is 1. The van der Waals surface area contributed by atoms with Gasteiger partial charge >= 0.3 is 12.2 Å². The van der Waals surface area contributed by atoms with Crippen LogP contribution in [-0.2, 0) is 23.8 Å². The Morgan fingerprint density at radius 1 is 0.925 bits per heavy atom. The molecule has 67 heavy (non-hydrogen) atoms. The van der Waals surface area contributed by atoms with Crippen LogP contribution in [-0.4, -0.2) is 138 Å². The average molecular weight is 938 g/mol. The maximum absolute atomic E-state index is 14.5. The Balaban J connectivity index is 1.12. The first kappa shape index (κ1) is 47.9. The third-order valence-corrected chi connectivity index (χ3v) is 11.4. The molecule has 0 saturated carbocycles. The van der Waals surface area contributed by atoms with Crippen LogP contribution in [0.3, 0.4) is 0 Å². The summed E-state index contributed by atoms with van der Waals surface area (Å²) in [6.45, 7) is 7.74. The number of imidazole rings is 1. The lowest BCUT2D eigenvalue weighted by Crippen LogP contribution is -2.43. The number of fused-ring (bicyclic) bond motifs is 4. The molecule has 0 aliphatic carbocycles. The fraction of sp³-hybridized carbons (Fsp3) is 0.354. The van der Waals surface area contributed by atoms with Crippen LogP contribution in [0.25, 0.3) is 16.4 Å². The van der Waals surface area contributed by atoms with Crippen molar-refractivity contribution in [2.75, 3.05) is 83.0 Å². The highest BCUT2D eigenvalue weighted by atomic mass is 35.5. The van der Waals surface area contributed by atoms with Crippen molar-refractivity contribution < 1.29 is 52.5 Å². The predicted molar refractivity (Wildman–Crippen MR) is 249 cm³/mol. The summed E-state index contributed by atoms with van der Waals surface area (Å²) in [5, 5.41) is 4.30. The number of carbonyl (C=O) groups is 6. The molecule has 1 N–H and O–H groups in total. The first-order chi connectivity index (χ1) is 32.0. The molecular formula is C48H52ClN7O11. The molecule has 5 aromatic rings.